The molecule has 1 amide bonds. The summed E-state index contributed by atoms with van der Waals surface area (Å²) in [5, 5.41) is 5.10. The fraction of sp³-hybridized carbons (Fsp3) is 0.200. The molecular formula is C10H11N3O2S. The normalized spacial score (nSPS) is 10.3. The van der Waals surface area contributed by atoms with Gasteiger partial charge < -0.3 is 10.2 Å². The van der Waals surface area contributed by atoms with Gasteiger partial charge in [-0.25, -0.2) is 4.98 Å². The zero-order valence-corrected chi connectivity index (χ0v) is 9.29. The predicted molar refractivity (Wildman–Crippen MR) is 61.5 cm³/mol. The largest absolute Gasteiger partial charge is 0.459 e. The number of aromatic nitrogens is 1. The number of thiazole rings is 1. The molecule has 3 N–H and O–H groups in total. The van der Waals surface area contributed by atoms with E-state index in [0.29, 0.717) is 18.1 Å². The minimum absolute atomic E-state index is 0.274. The van der Waals surface area contributed by atoms with Crippen molar-refractivity contribution in [2.24, 2.45) is 5.73 Å². The Bertz CT molecular complexity index is 464. The third kappa shape index (κ3) is 2.47. The van der Waals surface area contributed by atoms with E-state index in [1.165, 1.54) is 17.6 Å². The lowest BCUT2D eigenvalue weighted by atomic mass is 10.3. The standard InChI is InChI=1S/C10H11N3O2S/c11-4-3-7-6-16-10(12-7)13-9(14)8-2-1-5-15-8/h1-2,5-6H,3-4,11H2,(H,12,13,14). The Morgan fingerprint density at radius 1 is 1.62 bits per heavy atom. The lowest BCUT2D eigenvalue weighted by Gasteiger charge is -1.97. The van der Waals surface area contributed by atoms with Gasteiger partial charge in [-0.2, -0.15) is 0 Å². The van der Waals surface area contributed by atoms with Crippen molar-refractivity contribution in [1.29, 1.82) is 0 Å². The molecule has 0 aliphatic rings. The summed E-state index contributed by atoms with van der Waals surface area (Å²) in [6.07, 6.45) is 2.17. The Morgan fingerprint density at radius 3 is 3.19 bits per heavy atom. The first-order valence-electron chi connectivity index (χ1n) is 4.79. The number of hydrogen-bond donors (Lipinski definition) is 2. The van der Waals surface area contributed by atoms with Gasteiger partial charge in [0.15, 0.2) is 10.9 Å². The van der Waals surface area contributed by atoms with E-state index < -0.39 is 0 Å². The average Bonchev–Trinajstić information content (AvgIpc) is 2.89. The second kappa shape index (κ2) is 4.91. The highest BCUT2D eigenvalue weighted by atomic mass is 32.1. The monoisotopic (exact) mass is 237 g/mol. The van der Waals surface area contributed by atoms with Gasteiger partial charge in [0.25, 0.3) is 5.91 Å². The van der Waals surface area contributed by atoms with Gasteiger partial charge in [-0.3, -0.25) is 10.1 Å². The molecule has 0 spiro atoms. The summed E-state index contributed by atoms with van der Waals surface area (Å²) in [5.74, 6) is -0.0192. The molecule has 0 saturated heterocycles. The van der Waals surface area contributed by atoms with E-state index in [9.17, 15) is 4.79 Å². The first-order chi connectivity index (χ1) is 7.79. The smallest absolute Gasteiger partial charge is 0.293 e. The van der Waals surface area contributed by atoms with Crippen LogP contribution < -0.4 is 11.1 Å². The molecule has 2 aromatic heterocycles. The van der Waals surface area contributed by atoms with Crippen molar-refractivity contribution in [3.63, 3.8) is 0 Å². The number of nitrogens with zero attached hydrogens (tertiary/aromatic N) is 1. The van der Waals surface area contributed by atoms with Crippen LogP contribution in [0.25, 0.3) is 0 Å². The van der Waals surface area contributed by atoms with Crippen molar-refractivity contribution in [2.75, 3.05) is 11.9 Å². The van der Waals surface area contributed by atoms with Crippen molar-refractivity contribution < 1.29 is 9.21 Å². The number of anilines is 1. The molecular weight excluding hydrogens is 226 g/mol. The molecule has 0 aromatic carbocycles. The lowest BCUT2D eigenvalue weighted by Crippen LogP contribution is -2.10. The van der Waals surface area contributed by atoms with Gasteiger partial charge in [0.1, 0.15) is 0 Å². The number of nitrogens with two attached hydrogens (primary N) is 1. The summed E-state index contributed by atoms with van der Waals surface area (Å²) in [7, 11) is 0. The maximum Gasteiger partial charge on any atom is 0.293 e. The Kier molecular flexibility index (Phi) is 3.33. The number of nitrogens with one attached hydrogen (secondary N) is 1. The van der Waals surface area contributed by atoms with E-state index in [2.05, 4.69) is 10.3 Å². The third-order valence-corrected chi connectivity index (χ3v) is 2.72. The second-order valence-corrected chi connectivity index (χ2v) is 3.97. The van der Waals surface area contributed by atoms with Crippen LogP contribution in [0.15, 0.2) is 28.2 Å². The van der Waals surface area contributed by atoms with Gasteiger partial charge in [-0.15, -0.1) is 11.3 Å². The fourth-order valence-electron chi connectivity index (χ4n) is 1.19. The molecule has 2 rings (SSSR count). The molecule has 6 heteroatoms. The molecule has 5 nitrogen and oxygen atoms in total. The van der Waals surface area contributed by atoms with Gasteiger partial charge in [-0.05, 0) is 18.7 Å². The molecule has 84 valence electrons. The third-order valence-electron chi connectivity index (χ3n) is 1.92. The summed E-state index contributed by atoms with van der Waals surface area (Å²) in [6.45, 7) is 0.551. The summed E-state index contributed by atoms with van der Waals surface area (Å²) >= 11 is 1.37. The molecule has 0 aliphatic heterocycles. The number of amides is 1. The van der Waals surface area contributed by atoms with E-state index in [0.717, 1.165) is 5.69 Å². The van der Waals surface area contributed by atoms with Crippen LogP contribution in [0.4, 0.5) is 5.13 Å². The van der Waals surface area contributed by atoms with Crippen LogP contribution in [-0.2, 0) is 6.42 Å². The average molecular weight is 237 g/mol. The van der Waals surface area contributed by atoms with Crippen LogP contribution in [0.1, 0.15) is 16.2 Å². The quantitative estimate of drug-likeness (QED) is 0.844. The minimum Gasteiger partial charge on any atom is -0.459 e. The number of carbonyl (C=O) groups is 1. The molecule has 2 aromatic rings. The van der Waals surface area contributed by atoms with Gasteiger partial charge in [-0.1, -0.05) is 0 Å². The highest BCUT2D eigenvalue weighted by Gasteiger charge is 2.10. The fourth-order valence-corrected chi connectivity index (χ4v) is 1.93. The van der Waals surface area contributed by atoms with Crippen LogP contribution >= 0.6 is 11.3 Å². The molecule has 0 bridgehead atoms. The summed E-state index contributed by atoms with van der Waals surface area (Å²) in [6, 6.07) is 3.26. The van der Waals surface area contributed by atoms with Crippen LogP contribution in [0.2, 0.25) is 0 Å². The summed E-state index contributed by atoms with van der Waals surface area (Å²) < 4.78 is 4.97. The molecule has 0 fully saturated rings. The zero-order valence-electron chi connectivity index (χ0n) is 8.47. The number of hydrogen-bond acceptors (Lipinski definition) is 5. The molecule has 0 atom stereocenters. The SMILES string of the molecule is NCCc1csc(NC(=O)c2ccco2)n1. The number of furan rings is 1. The highest BCUT2D eigenvalue weighted by molar-refractivity contribution is 7.13. The summed E-state index contributed by atoms with van der Waals surface area (Å²) in [4.78, 5) is 15.8. The van der Waals surface area contributed by atoms with Gasteiger partial charge in [0.2, 0.25) is 0 Å². The first kappa shape index (κ1) is 10.8. The molecule has 0 aliphatic carbocycles. The van der Waals surface area contributed by atoms with E-state index >= 15 is 0 Å². The van der Waals surface area contributed by atoms with Crippen molar-refractivity contribution in [3.05, 3.63) is 35.2 Å². The second-order valence-electron chi connectivity index (χ2n) is 3.11. The maximum atomic E-state index is 11.6. The first-order valence-corrected chi connectivity index (χ1v) is 5.67. The molecule has 0 radical (unpaired) electrons. The van der Waals surface area contributed by atoms with Crippen LogP contribution in [-0.4, -0.2) is 17.4 Å². The number of rotatable bonds is 4. The number of carbonyl (C=O) groups excluding carboxylic acids is 1. The summed E-state index contributed by atoms with van der Waals surface area (Å²) in [5.41, 5.74) is 6.30. The van der Waals surface area contributed by atoms with Crippen molar-refractivity contribution in [1.82, 2.24) is 4.98 Å². The molecule has 2 heterocycles. The van der Waals surface area contributed by atoms with Gasteiger partial charge in [0, 0.05) is 11.8 Å². The zero-order chi connectivity index (χ0) is 11.4. The van der Waals surface area contributed by atoms with Crippen LogP contribution in [0, 0.1) is 0 Å². The Morgan fingerprint density at radius 2 is 2.50 bits per heavy atom. The Balaban J connectivity index is 2.01. The van der Waals surface area contributed by atoms with Gasteiger partial charge >= 0.3 is 0 Å². The Hall–Kier alpha value is -1.66. The van der Waals surface area contributed by atoms with E-state index in [4.69, 9.17) is 10.2 Å². The van der Waals surface area contributed by atoms with E-state index in [1.54, 1.807) is 12.1 Å². The molecule has 0 unspecified atom stereocenters. The van der Waals surface area contributed by atoms with E-state index in [1.807, 2.05) is 5.38 Å². The van der Waals surface area contributed by atoms with Crippen molar-refractivity contribution in [2.45, 2.75) is 6.42 Å². The van der Waals surface area contributed by atoms with Crippen molar-refractivity contribution in [3.8, 4) is 0 Å². The molecule has 0 saturated carbocycles. The van der Waals surface area contributed by atoms with Crippen LogP contribution in [0.3, 0.4) is 0 Å². The van der Waals surface area contributed by atoms with Crippen LogP contribution in [0.5, 0.6) is 0 Å². The topological polar surface area (TPSA) is 81.1 Å². The minimum atomic E-state index is -0.293. The highest BCUT2D eigenvalue weighted by Crippen LogP contribution is 2.16. The van der Waals surface area contributed by atoms with Gasteiger partial charge in [0.05, 0.1) is 12.0 Å². The maximum absolute atomic E-state index is 11.6. The lowest BCUT2D eigenvalue weighted by molar-refractivity contribution is 0.0996. The predicted octanol–water partition coefficient (Wildman–Crippen LogP) is 1.49. The van der Waals surface area contributed by atoms with E-state index in [-0.39, 0.29) is 11.7 Å². The Labute approximate surface area is 96.3 Å². The van der Waals surface area contributed by atoms with Crippen molar-refractivity contribution >= 4 is 22.4 Å². The molecule has 16 heavy (non-hydrogen) atoms.